The number of rotatable bonds is 7. The SMILES string of the molecule is C=C(C)NC(=O)c1cccc(-c2cc3c(C(=O)NC)c(-c4ccc(F)cc4)oc3cc2CC(=O)N(C)C)c1.CC. The lowest BCUT2D eigenvalue weighted by Gasteiger charge is -2.15. The highest BCUT2D eigenvalue weighted by Gasteiger charge is 2.24. The van der Waals surface area contributed by atoms with Gasteiger partial charge in [-0.15, -0.1) is 0 Å². The van der Waals surface area contributed by atoms with Crippen LogP contribution in [0.4, 0.5) is 4.39 Å². The third kappa shape index (κ3) is 6.46. The molecule has 0 spiro atoms. The summed E-state index contributed by atoms with van der Waals surface area (Å²) in [5.41, 5.74) is 4.19. The fourth-order valence-electron chi connectivity index (χ4n) is 4.17. The molecule has 1 heterocycles. The monoisotopic (exact) mass is 543 g/mol. The van der Waals surface area contributed by atoms with Crippen molar-refractivity contribution in [1.82, 2.24) is 15.5 Å². The number of amides is 3. The van der Waals surface area contributed by atoms with Gasteiger partial charge in [-0.25, -0.2) is 4.39 Å². The molecule has 0 aliphatic carbocycles. The smallest absolute Gasteiger partial charge is 0.255 e. The second-order valence-electron chi connectivity index (χ2n) is 9.18. The van der Waals surface area contributed by atoms with Gasteiger partial charge < -0.3 is 20.0 Å². The number of carbonyl (C=O) groups excluding carboxylic acids is 3. The second-order valence-corrected chi connectivity index (χ2v) is 9.18. The Labute approximate surface area is 233 Å². The lowest BCUT2D eigenvalue weighted by atomic mass is 9.93. The van der Waals surface area contributed by atoms with Crippen molar-refractivity contribution in [2.24, 2.45) is 0 Å². The molecule has 1 aromatic heterocycles. The van der Waals surface area contributed by atoms with Gasteiger partial charge in [0.2, 0.25) is 5.91 Å². The van der Waals surface area contributed by atoms with Crippen LogP contribution >= 0.6 is 0 Å². The Bertz CT molecular complexity index is 1570. The number of hydrogen-bond donors (Lipinski definition) is 2. The summed E-state index contributed by atoms with van der Waals surface area (Å²) in [4.78, 5) is 39.9. The molecule has 8 heteroatoms. The molecule has 0 bridgehead atoms. The fraction of sp³-hybridized carbons (Fsp3) is 0.219. The summed E-state index contributed by atoms with van der Waals surface area (Å²) in [7, 11) is 4.86. The first-order valence-electron chi connectivity index (χ1n) is 12.9. The molecular formula is C32H34FN3O4. The predicted molar refractivity (Wildman–Crippen MR) is 156 cm³/mol. The van der Waals surface area contributed by atoms with Crippen molar-refractivity contribution < 1.29 is 23.2 Å². The third-order valence-corrected chi connectivity index (χ3v) is 6.08. The molecule has 40 heavy (non-hydrogen) atoms. The van der Waals surface area contributed by atoms with Gasteiger partial charge in [-0.05, 0) is 72.1 Å². The standard InChI is InChI=1S/C30H28FN3O4.C2H6/c1-17(2)33-29(36)20-8-6-7-19(13-20)23-16-24-25(14-21(23)15-26(35)34(4)5)38-28(27(24)30(37)32-3)18-9-11-22(31)12-10-18;1-2/h6-14,16H,1,15H2,2-5H3,(H,32,37)(H,33,36);1-2H3. The molecule has 0 aliphatic heterocycles. The number of hydrogen-bond acceptors (Lipinski definition) is 4. The van der Waals surface area contributed by atoms with Crippen molar-refractivity contribution in [2.75, 3.05) is 21.1 Å². The van der Waals surface area contributed by atoms with E-state index in [2.05, 4.69) is 17.2 Å². The highest BCUT2D eigenvalue weighted by Crippen LogP contribution is 2.38. The predicted octanol–water partition coefficient (Wildman–Crippen LogP) is 6.19. The molecule has 4 aromatic rings. The molecule has 0 saturated heterocycles. The van der Waals surface area contributed by atoms with Crippen LogP contribution in [0.3, 0.4) is 0 Å². The van der Waals surface area contributed by atoms with E-state index >= 15 is 0 Å². The van der Waals surface area contributed by atoms with Gasteiger partial charge in [-0.1, -0.05) is 32.6 Å². The molecule has 7 nitrogen and oxygen atoms in total. The largest absolute Gasteiger partial charge is 0.455 e. The summed E-state index contributed by atoms with van der Waals surface area (Å²) >= 11 is 0. The Morgan fingerprint density at radius 1 is 0.950 bits per heavy atom. The Hall–Kier alpha value is -4.72. The van der Waals surface area contributed by atoms with Crippen molar-refractivity contribution >= 4 is 28.7 Å². The Morgan fingerprint density at radius 3 is 2.23 bits per heavy atom. The van der Waals surface area contributed by atoms with Crippen LogP contribution in [0.25, 0.3) is 33.4 Å². The van der Waals surface area contributed by atoms with Crippen molar-refractivity contribution in [1.29, 1.82) is 0 Å². The Balaban J connectivity index is 0.00000216. The van der Waals surface area contributed by atoms with Crippen LogP contribution in [0, 0.1) is 5.82 Å². The third-order valence-electron chi connectivity index (χ3n) is 6.08. The number of likely N-dealkylation sites (N-methyl/N-ethyl adjacent to an activating group) is 1. The van der Waals surface area contributed by atoms with Gasteiger partial charge in [0.25, 0.3) is 11.8 Å². The van der Waals surface area contributed by atoms with E-state index in [0.717, 1.165) is 0 Å². The van der Waals surface area contributed by atoms with E-state index in [0.29, 0.717) is 44.5 Å². The van der Waals surface area contributed by atoms with Crippen LogP contribution in [0.1, 0.15) is 47.1 Å². The molecule has 208 valence electrons. The van der Waals surface area contributed by atoms with E-state index in [1.165, 1.54) is 24.1 Å². The van der Waals surface area contributed by atoms with Crippen LogP contribution in [0.15, 0.2) is 77.4 Å². The maximum absolute atomic E-state index is 13.6. The van der Waals surface area contributed by atoms with Crippen LogP contribution in [-0.2, 0) is 11.2 Å². The summed E-state index contributed by atoms with van der Waals surface area (Å²) in [6, 6.07) is 16.2. The van der Waals surface area contributed by atoms with E-state index < -0.39 is 5.82 Å². The van der Waals surface area contributed by atoms with E-state index in [1.54, 1.807) is 63.5 Å². The zero-order valence-corrected chi connectivity index (χ0v) is 23.6. The molecule has 0 aliphatic rings. The zero-order chi connectivity index (χ0) is 29.6. The highest BCUT2D eigenvalue weighted by atomic mass is 19.1. The molecule has 0 radical (unpaired) electrons. The van der Waals surface area contributed by atoms with Crippen LogP contribution in [-0.4, -0.2) is 43.8 Å². The lowest BCUT2D eigenvalue weighted by molar-refractivity contribution is -0.127. The maximum Gasteiger partial charge on any atom is 0.255 e. The molecule has 3 amide bonds. The molecule has 4 rings (SSSR count). The first kappa shape index (κ1) is 29.8. The molecule has 0 atom stereocenters. The molecule has 3 aromatic carbocycles. The quantitative estimate of drug-likeness (QED) is 0.291. The first-order valence-corrected chi connectivity index (χ1v) is 12.9. The van der Waals surface area contributed by atoms with Gasteiger partial charge in [0.15, 0.2) is 0 Å². The number of fused-ring (bicyclic) bond motifs is 1. The lowest BCUT2D eigenvalue weighted by Crippen LogP contribution is -2.23. The number of nitrogens with zero attached hydrogens (tertiary/aromatic N) is 1. The number of furan rings is 1. The van der Waals surface area contributed by atoms with Crippen molar-refractivity contribution in [3.63, 3.8) is 0 Å². The summed E-state index contributed by atoms with van der Waals surface area (Å²) in [6.45, 7) is 9.41. The molecule has 0 saturated carbocycles. The minimum Gasteiger partial charge on any atom is -0.455 e. The van der Waals surface area contributed by atoms with Crippen LogP contribution < -0.4 is 10.6 Å². The summed E-state index contributed by atoms with van der Waals surface area (Å²) < 4.78 is 19.7. The van der Waals surface area contributed by atoms with E-state index in [1.807, 2.05) is 19.9 Å². The minimum atomic E-state index is -0.409. The normalized spacial score (nSPS) is 10.4. The van der Waals surface area contributed by atoms with E-state index in [-0.39, 0.29) is 35.5 Å². The number of allylic oxidation sites excluding steroid dienone is 1. The average molecular weight is 544 g/mol. The van der Waals surface area contributed by atoms with Crippen molar-refractivity contribution in [3.8, 4) is 22.5 Å². The van der Waals surface area contributed by atoms with Gasteiger partial charge in [-0.2, -0.15) is 0 Å². The fourth-order valence-corrected chi connectivity index (χ4v) is 4.17. The van der Waals surface area contributed by atoms with Gasteiger partial charge in [0.1, 0.15) is 17.2 Å². The minimum absolute atomic E-state index is 0.0718. The first-order chi connectivity index (χ1) is 19.1. The summed E-state index contributed by atoms with van der Waals surface area (Å²) in [6.07, 6.45) is 0.0718. The molecule has 0 unspecified atom stereocenters. The number of halogens is 1. The maximum atomic E-state index is 13.6. The van der Waals surface area contributed by atoms with Crippen molar-refractivity contribution in [3.05, 3.63) is 95.4 Å². The summed E-state index contributed by atoms with van der Waals surface area (Å²) in [5.74, 6) is -0.927. The van der Waals surface area contributed by atoms with Crippen molar-refractivity contribution in [2.45, 2.75) is 27.2 Å². The Morgan fingerprint density at radius 2 is 1.62 bits per heavy atom. The Kier molecular flexibility index (Phi) is 9.61. The van der Waals surface area contributed by atoms with E-state index in [9.17, 15) is 18.8 Å². The summed E-state index contributed by atoms with van der Waals surface area (Å²) in [5, 5.41) is 5.87. The number of benzene rings is 3. The van der Waals surface area contributed by atoms with Gasteiger partial charge in [0.05, 0.1) is 12.0 Å². The topological polar surface area (TPSA) is 91.6 Å². The van der Waals surface area contributed by atoms with Gasteiger partial charge in [-0.3, -0.25) is 14.4 Å². The molecule has 2 N–H and O–H groups in total. The van der Waals surface area contributed by atoms with Crippen LogP contribution in [0.2, 0.25) is 0 Å². The average Bonchev–Trinajstić information content (AvgIpc) is 3.31. The molecular weight excluding hydrogens is 509 g/mol. The van der Waals surface area contributed by atoms with Gasteiger partial charge >= 0.3 is 0 Å². The second kappa shape index (κ2) is 12.9. The van der Waals surface area contributed by atoms with Gasteiger partial charge in [0, 0.05) is 43.4 Å². The highest BCUT2D eigenvalue weighted by molar-refractivity contribution is 6.12. The van der Waals surface area contributed by atoms with E-state index in [4.69, 9.17) is 4.42 Å². The zero-order valence-electron chi connectivity index (χ0n) is 23.6. The number of carbonyl (C=O) groups is 3. The number of nitrogens with one attached hydrogen (secondary N) is 2. The van der Waals surface area contributed by atoms with Crippen LogP contribution in [0.5, 0.6) is 0 Å². The molecule has 0 fully saturated rings.